The number of carbonyl (C=O) groups is 1. The van der Waals surface area contributed by atoms with E-state index in [2.05, 4.69) is 27.4 Å². The first-order valence-corrected chi connectivity index (χ1v) is 7.16. The molecule has 0 aromatic carbocycles. The van der Waals surface area contributed by atoms with Crippen molar-refractivity contribution in [2.75, 3.05) is 0 Å². The molecular weight excluding hydrogens is 208 g/mol. The second-order valence-electron chi connectivity index (χ2n) is 6.81. The molecule has 0 aliphatic heterocycles. The molecule has 0 amide bonds. The topological polar surface area (TPSA) is 17.1 Å². The van der Waals surface area contributed by atoms with Gasteiger partial charge in [-0.25, -0.2) is 0 Å². The van der Waals surface area contributed by atoms with Crippen LogP contribution < -0.4 is 0 Å². The zero-order valence-corrected chi connectivity index (χ0v) is 11.6. The summed E-state index contributed by atoms with van der Waals surface area (Å²) in [5.74, 6) is 2.08. The van der Waals surface area contributed by atoms with E-state index >= 15 is 0 Å². The zero-order valence-electron chi connectivity index (χ0n) is 11.6. The van der Waals surface area contributed by atoms with Gasteiger partial charge in [0.05, 0.1) is 0 Å². The molecule has 1 nitrogen and oxygen atoms in total. The molecule has 1 spiro atoms. The summed E-state index contributed by atoms with van der Waals surface area (Å²) in [6.07, 6.45) is 6.76. The standard InChI is InChI=1S/C16H26O/c1-11(2)9-14-13(4)16(10-15(14)17)7-5-12(3)6-8-16/h11-12,14H,4-10H2,1-3H3. The fourth-order valence-corrected chi connectivity index (χ4v) is 3.69. The average Bonchev–Trinajstić information content (AvgIpc) is 2.48. The van der Waals surface area contributed by atoms with E-state index in [4.69, 9.17) is 0 Å². The van der Waals surface area contributed by atoms with Crippen LogP contribution >= 0.6 is 0 Å². The van der Waals surface area contributed by atoms with Crippen molar-refractivity contribution in [3.05, 3.63) is 12.2 Å². The highest BCUT2D eigenvalue weighted by Crippen LogP contribution is 2.54. The summed E-state index contributed by atoms with van der Waals surface area (Å²) in [6.45, 7) is 11.1. The molecule has 1 atom stereocenters. The Morgan fingerprint density at radius 3 is 2.47 bits per heavy atom. The molecule has 1 unspecified atom stereocenters. The summed E-state index contributed by atoms with van der Waals surface area (Å²) >= 11 is 0. The Kier molecular flexibility index (Phi) is 3.47. The molecule has 0 aromatic heterocycles. The molecule has 0 heterocycles. The predicted molar refractivity (Wildman–Crippen MR) is 71.8 cm³/mol. The van der Waals surface area contributed by atoms with Gasteiger partial charge in [-0.3, -0.25) is 4.79 Å². The SMILES string of the molecule is C=C1C(CC(C)C)C(=O)CC12CCC(C)CC2. The van der Waals surface area contributed by atoms with Crippen molar-refractivity contribution in [3.8, 4) is 0 Å². The van der Waals surface area contributed by atoms with Crippen LogP contribution in [0.1, 0.15) is 59.3 Å². The summed E-state index contributed by atoms with van der Waals surface area (Å²) in [5, 5.41) is 0. The van der Waals surface area contributed by atoms with Crippen LogP contribution in [0.3, 0.4) is 0 Å². The van der Waals surface area contributed by atoms with Crippen molar-refractivity contribution < 1.29 is 4.79 Å². The van der Waals surface area contributed by atoms with E-state index in [9.17, 15) is 4.79 Å². The number of hydrogen-bond acceptors (Lipinski definition) is 1. The van der Waals surface area contributed by atoms with Gasteiger partial charge in [-0.1, -0.05) is 32.9 Å². The molecule has 0 aromatic rings. The molecule has 17 heavy (non-hydrogen) atoms. The monoisotopic (exact) mass is 234 g/mol. The van der Waals surface area contributed by atoms with Crippen molar-refractivity contribution in [2.24, 2.45) is 23.2 Å². The Hall–Kier alpha value is -0.590. The zero-order chi connectivity index (χ0) is 12.6. The van der Waals surface area contributed by atoms with Gasteiger partial charge in [0.25, 0.3) is 0 Å². The summed E-state index contributed by atoms with van der Waals surface area (Å²) in [4.78, 5) is 12.2. The van der Waals surface area contributed by atoms with Gasteiger partial charge in [0.2, 0.25) is 0 Å². The van der Waals surface area contributed by atoms with E-state index in [-0.39, 0.29) is 11.3 Å². The van der Waals surface area contributed by atoms with Crippen LogP contribution in [0.15, 0.2) is 12.2 Å². The Labute approximate surface area is 106 Å². The lowest BCUT2D eigenvalue weighted by Gasteiger charge is -2.37. The lowest BCUT2D eigenvalue weighted by molar-refractivity contribution is -0.121. The Morgan fingerprint density at radius 2 is 1.94 bits per heavy atom. The molecule has 2 saturated carbocycles. The van der Waals surface area contributed by atoms with E-state index in [1.165, 1.54) is 31.3 Å². The van der Waals surface area contributed by atoms with E-state index in [1.807, 2.05) is 0 Å². The summed E-state index contributed by atoms with van der Waals surface area (Å²) in [7, 11) is 0. The van der Waals surface area contributed by atoms with Gasteiger partial charge >= 0.3 is 0 Å². The lowest BCUT2D eigenvalue weighted by atomic mass is 9.67. The van der Waals surface area contributed by atoms with Gasteiger partial charge in [-0.05, 0) is 49.4 Å². The number of rotatable bonds is 2. The summed E-state index contributed by atoms with van der Waals surface area (Å²) in [6, 6.07) is 0. The molecule has 0 saturated heterocycles. The highest BCUT2D eigenvalue weighted by molar-refractivity contribution is 5.88. The van der Waals surface area contributed by atoms with Crippen molar-refractivity contribution in [3.63, 3.8) is 0 Å². The third-order valence-electron chi connectivity index (χ3n) is 4.94. The predicted octanol–water partition coefficient (Wildman–Crippen LogP) is 4.37. The minimum absolute atomic E-state index is 0.170. The Balaban J connectivity index is 2.12. The van der Waals surface area contributed by atoms with Crippen LogP contribution in [0, 0.1) is 23.2 Å². The minimum Gasteiger partial charge on any atom is -0.299 e. The van der Waals surface area contributed by atoms with Crippen LogP contribution in [0.4, 0.5) is 0 Å². The molecule has 1 heteroatoms. The highest BCUT2D eigenvalue weighted by Gasteiger charge is 2.48. The Bertz CT molecular complexity index is 318. The maximum Gasteiger partial charge on any atom is 0.140 e. The highest BCUT2D eigenvalue weighted by atomic mass is 16.1. The first-order valence-electron chi connectivity index (χ1n) is 7.16. The summed E-state index contributed by atoms with van der Waals surface area (Å²) in [5.41, 5.74) is 1.48. The summed E-state index contributed by atoms with van der Waals surface area (Å²) < 4.78 is 0. The van der Waals surface area contributed by atoms with Gasteiger partial charge in [-0.15, -0.1) is 0 Å². The fourth-order valence-electron chi connectivity index (χ4n) is 3.69. The molecule has 2 rings (SSSR count). The van der Waals surface area contributed by atoms with Crippen molar-refractivity contribution in [1.29, 1.82) is 0 Å². The molecule has 0 N–H and O–H groups in total. The van der Waals surface area contributed by atoms with E-state index in [0.29, 0.717) is 11.7 Å². The molecule has 2 aliphatic carbocycles. The fraction of sp³-hybridized carbons (Fsp3) is 0.812. The van der Waals surface area contributed by atoms with Crippen molar-refractivity contribution in [1.82, 2.24) is 0 Å². The second-order valence-corrected chi connectivity index (χ2v) is 6.81. The number of ketones is 1. The third-order valence-corrected chi connectivity index (χ3v) is 4.94. The van der Waals surface area contributed by atoms with Gasteiger partial charge < -0.3 is 0 Å². The van der Waals surface area contributed by atoms with Gasteiger partial charge in [0.15, 0.2) is 0 Å². The molecule has 2 fully saturated rings. The van der Waals surface area contributed by atoms with E-state index in [1.54, 1.807) is 0 Å². The van der Waals surface area contributed by atoms with Crippen LogP contribution in [-0.4, -0.2) is 5.78 Å². The van der Waals surface area contributed by atoms with Crippen molar-refractivity contribution >= 4 is 5.78 Å². The van der Waals surface area contributed by atoms with E-state index in [0.717, 1.165) is 18.8 Å². The number of allylic oxidation sites excluding steroid dienone is 1. The van der Waals surface area contributed by atoms with Gasteiger partial charge in [0.1, 0.15) is 5.78 Å². The second kappa shape index (κ2) is 4.59. The minimum atomic E-state index is 0.170. The van der Waals surface area contributed by atoms with E-state index < -0.39 is 0 Å². The van der Waals surface area contributed by atoms with Crippen LogP contribution in [-0.2, 0) is 4.79 Å². The molecular formula is C16H26O. The number of carbonyl (C=O) groups excluding carboxylic acids is 1. The lowest BCUT2D eigenvalue weighted by Crippen LogP contribution is -2.26. The van der Waals surface area contributed by atoms with Gasteiger partial charge in [-0.2, -0.15) is 0 Å². The van der Waals surface area contributed by atoms with Gasteiger partial charge in [0, 0.05) is 12.3 Å². The first kappa shape index (κ1) is 12.9. The quantitative estimate of drug-likeness (QED) is 0.648. The number of Topliss-reactive ketones (excluding diaryl/α,β-unsaturated/α-hetero) is 1. The largest absolute Gasteiger partial charge is 0.299 e. The van der Waals surface area contributed by atoms with Crippen LogP contribution in [0.5, 0.6) is 0 Å². The molecule has 0 bridgehead atoms. The van der Waals surface area contributed by atoms with Crippen LogP contribution in [0.25, 0.3) is 0 Å². The smallest absolute Gasteiger partial charge is 0.140 e. The molecule has 96 valence electrons. The third kappa shape index (κ3) is 2.34. The van der Waals surface area contributed by atoms with Crippen LogP contribution in [0.2, 0.25) is 0 Å². The molecule has 0 radical (unpaired) electrons. The maximum absolute atomic E-state index is 12.2. The average molecular weight is 234 g/mol. The normalized spacial score (nSPS) is 38.4. The maximum atomic E-state index is 12.2. The van der Waals surface area contributed by atoms with Crippen molar-refractivity contribution in [2.45, 2.75) is 59.3 Å². The number of hydrogen-bond donors (Lipinski definition) is 0. The first-order chi connectivity index (χ1) is 7.94. The molecule has 2 aliphatic rings. The Morgan fingerprint density at radius 1 is 1.35 bits per heavy atom.